The molecular weight excluding hydrogens is 661 g/mol. The summed E-state index contributed by atoms with van der Waals surface area (Å²) in [5, 5.41) is 8.86. The third kappa shape index (κ3) is 33.4. The van der Waals surface area contributed by atoms with Crippen LogP contribution in [0.2, 0.25) is 0 Å². The quantitative estimate of drug-likeness (QED) is 0.0240. The maximum atomic E-state index is 12.6. The van der Waals surface area contributed by atoms with E-state index < -0.39 is 51.1 Å². The molecule has 3 atom stereocenters. The van der Waals surface area contributed by atoms with Crippen molar-refractivity contribution in [2.45, 2.75) is 193 Å². The van der Waals surface area contributed by atoms with E-state index in [2.05, 4.69) is 30.5 Å². The van der Waals surface area contributed by atoms with Crippen LogP contribution in [0.25, 0.3) is 0 Å². The number of hydrogen-bond acceptors (Lipinski definition) is 9. The van der Waals surface area contributed by atoms with Crippen LogP contribution in [-0.4, -0.2) is 59.9 Å². The van der Waals surface area contributed by atoms with Crippen molar-refractivity contribution in [2.24, 2.45) is 5.73 Å². The molecule has 11 nitrogen and oxygen atoms in total. The lowest BCUT2D eigenvalue weighted by molar-refractivity contribution is -0.161. The molecule has 0 amide bonds. The zero-order valence-electron chi connectivity index (χ0n) is 31.5. The molecule has 0 saturated carbocycles. The summed E-state index contributed by atoms with van der Waals surface area (Å²) in [7, 11) is -4.70. The summed E-state index contributed by atoms with van der Waals surface area (Å²) in [6.07, 6.45) is 31.3. The second kappa shape index (κ2) is 34.3. The number of unbranched alkanes of at least 4 members (excludes halogenated alkanes) is 21. The number of ether oxygens (including phenoxy) is 2. The standard InChI is InChI=1S/C38H72NO10P/c1-3-5-7-9-11-13-15-16-17-18-20-22-24-26-28-30-37(41)49-34(32-47-50(44,45)48-33-35(39)38(42)43)31-46-36(40)29-27-25-23-21-19-14-12-10-8-6-4-2/h13,15,34-35H,3-12,14,16-33,39H2,1-2H3,(H,42,43)(H,44,45)/b15-13+/t34-,35+/m1/s1. The summed E-state index contributed by atoms with van der Waals surface area (Å²) in [5.41, 5.74) is 5.32. The highest BCUT2D eigenvalue weighted by atomic mass is 31.2. The van der Waals surface area contributed by atoms with Crippen LogP contribution in [-0.2, 0) is 37.5 Å². The highest BCUT2D eigenvalue weighted by Crippen LogP contribution is 2.43. The molecule has 0 aliphatic carbocycles. The van der Waals surface area contributed by atoms with Crippen LogP contribution in [0.5, 0.6) is 0 Å². The Morgan fingerprint density at radius 3 is 1.48 bits per heavy atom. The molecule has 50 heavy (non-hydrogen) atoms. The number of esters is 2. The molecule has 0 saturated heterocycles. The van der Waals surface area contributed by atoms with Crippen LogP contribution in [0.15, 0.2) is 12.2 Å². The summed E-state index contributed by atoms with van der Waals surface area (Å²) in [6, 6.07) is -1.52. The Balaban J connectivity index is 4.41. The van der Waals surface area contributed by atoms with E-state index in [1.54, 1.807) is 0 Å². The highest BCUT2D eigenvalue weighted by Gasteiger charge is 2.28. The smallest absolute Gasteiger partial charge is 0.472 e. The number of aliphatic carboxylic acids is 1. The minimum atomic E-state index is -4.70. The summed E-state index contributed by atoms with van der Waals surface area (Å²) in [5.74, 6) is -2.38. The topological polar surface area (TPSA) is 172 Å². The van der Waals surface area contributed by atoms with Crippen LogP contribution < -0.4 is 5.73 Å². The predicted molar refractivity (Wildman–Crippen MR) is 199 cm³/mol. The Morgan fingerprint density at radius 2 is 1.00 bits per heavy atom. The minimum Gasteiger partial charge on any atom is -0.480 e. The highest BCUT2D eigenvalue weighted by molar-refractivity contribution is 7.47. The third-order valence-electron chi connectivity index (χ3n) is 8.51. The van der Waals surface area contributed by atoms with Crippen LogP contribution in [0.1, 0.15) is 181 Å². The van der Waals surface area contributed by atoms with Gasteiger partial charge < -0.3 is 25.2 Å². The van der Waals surface area contributed by atoms with Crippen LogP contribution in [0, 0.1) is 0 Å². The molecule has 0 heterocycles. The van der Waals surface area contributed by atoms with Gasteiger partial charge in [-0.15, -0.1) is 0 Å². The van der Waals surface area contributed by atoms with Gasteiger partial charge in [0.15, 0.2) is 6.10 Å². The van der Waals surface area contributed by atoms with E-state index in [1.807, 2.05) is 0 Å². The van der Waals surface area contributed by atoms with Gasteiger partial charge in [-0.05, 0) is 38.5 Å². The Labute approximate surface area is 303 Å². The van der Waals surface area contributed by atoms with Gasteiger partial charge in [-0.1, -0.05) is 142 Å². The number of allylic oxidation sites excluding steroid dienone is 2. The van der Waals surface area contributed by atoms with Crippen molar-refractivity contribution in [1.29, 1.82) is 0 Å². The number of carboxylic acids is 1. The summed E-state index contributed by atoms with van der Waals surface area (Å²) < 4.78 is 32.6. The number of nitrogens with two attached hydrogens (primary N) is 1. The molecule has 0 rings (SSSR count). The number of carboxylic acid groups (broad SMARTS) is 1. The van der Waals surface area contributed by atoms with Gasteiger partial charge in [-0.2, -0.15) is 0 Å². The molecule has 0 bridgehead atoms. The molecule has 0 aromatic carbocycles. The molecule has 4 N–H and O–H groups in total. The average molecular weight is 734 g/mol. The van der Waals surface area contributed by atoms with Gasteiger partial charge in [0.1, 0.15) is 12.6 Å². The fourth-order valence-corrected chi connectivity index (χ4v) is 6.13. The molecule has 0 spiro atoms. The number of rotatable bonds is 37. The van der Waals surface area contributed by atoms with E-state index in [-0.39, 0.29) is 19.4 Å². The predicted octanol–water partition coefficient (Wildman–Crippen LogP) is 9.73. The zero-order valence-corrected chi connectivity index (χ0v) is 32.4. The van der Waals surface area contributed by atoms with E-state index in [1.165, 1.54) is 96.3 Å². The zero-order chi connectivity index (χ0) is 37.1. The first-order valence-electron chi connectivity index (χ1n) is 19.7. The monoisotopic (exact) mass is 733 g/mol. The molecule has 0 radical (unpaired) electrons. The number of hydrogen-bond donors (Lipinski definition) is 3. The molecule has 0 aliphatic heterocycles. The van der Waals surface area contributed by atoms with Crippen molar-refractivity contribution in [3.05, 3.63) is 12.2 Å². The summed E-state index contributed by atoms with van der Waals surface area (Å²) in [4.78, 5) is 45.7. The molecule has 1 unspecified atom stereocenters. The molecule has 0 aliphatic rings. The molecule has 0 aromatic rings. The van der Waals surface area contributed by atoms with E-state index in [0.717, 1.165) is 44.9 Å². The van der Waals surface area contributed by atoms with Gasteiger partial charge in [0, 0.05) is 12.8 Å². The largest absolute Gasteiger partial charge is 0.480 e. The van der Waals surface area contributed by atoms with Crippen molar-refractivity contribution >= 4 is 25.7 Å². The molecule has 0 aromatic heterocycles. The fourth-order valence-electron chi connectivity index (χ4n) is 5.35. The van der Waals surface area contributed by atoms with Gasteiger partial charge in [0.2, 0.25) is 0 Å². The van der Waals surface area contributed by atoms with Crippen molar-refractivity contribution in [3.63, 3.8) is 0 Å². The van der Waals surface area contributed by atoms with E-state index in [9.17, 15) is 23.8 Å². The average Bonchev–Trinajstić information content (AvgIpc) is 3.09. The first-order chi connectivity index (χ1) is 24.1. The van der Waals surface area contributed by atoms with E-state index >= 15 is 0 Å². The third-order valence-corrected chi connectivity index (χ3v) is 9.46. The lowest BCUT2D eigenvalue weighted by Crippen LogP contribution is -2.34. The maximum absolute atomic E-state index is 12.6. The number of carbonyl (C=O) groups is 3. The molecule has 0 fully saturated rings. The minimum absolute atomic E-state index is 0.160. The van der Waals surface area contributed by atoms with Crippen molar-refractivity contribution in [2.75, 3.05) is 19.8 Å². The number of phosphoric ester groups is 1. The van der Waals surface area contributed by atoms with Gasteiger partial charge in [0.05, 0.1) is 13.2 Å². The van der Waals surface area contributed by atoms with Crippen LogP contribution >= 0.6 is 7.82 Å². The first kappa shape index (κ1) is 48.2. The summed E-state index contributed by atoms with van der Waals surface area (Å²) >= 11 is 0. The normalized spacial score (nSPS) is 14.0. The van der Waals surface area contributed by atoms with Gasteiger partial charge in [0.25, 0.3) is 0 Å². The molecule has 12 heteroatoms. The van der Waals surface area contributed by atoms with Gasteiger partial charge in [-0.25, -0.2) is 4.57 Å². The molecular formula is C38H72NO10P. The van der Waals surface area contributed by atoms with Crippen LogP contribution in [0.4, 0.5) is 0 Å². The SMILES string of the molecule is CCCCCC/C=C/CCCCCCCCCC(=O)O[C@H](COC(=O)CCCCCCCCCCCCC)COP(=O)(O)OC[C@H](N)C(=O)O. The second-order valence-electron chi connectivity index (χ2n) is 13.4. The Kier molecular flexibility index (Phi) is 33.1. The fraction of sp³-hybridized carbons (Fsp3) is 0.868. The van der Waals surface area contributed by atoms with Crippen molar-refractivity contribution in [1.82, 2.24) is 0 Å². The first-order valence-corrected chi connectivity index (χ1v) is 21.2. The van der Waals surface area contributed by atoms with E-state index in [0.29, 0.717) is 12.8 Å². The second-order valence-corrected chi connectivity index (χ2v) is 14.9. The van der Waals surface area contributed by atoms with Gasteiger partial charge in [-0.3, -0.25) is 23.4 Å². The number of carbonyl (C=O) groups excluding carboxylic acids is 2. The lowest BCUT2D eigenvalue weighted by atomic mass is 10.1. The van der Waals surface area contributed by atoms with E-state index in [4.69, 9.17) is 24.8 Å². The number of phosphoric acid groups is 1. The van der Waals surface area contributed by atoms with Crippen LogP contribution in [0.3, 0.4) is 0 Å². The Bertz CT molecular complexity index is 916. The Morgan fingerprint density at radius 1 is 0.600 bits per heavy atom. The van der Waals surface area contributed by atoms with Crippen molar-refractivity contribution < 1.29 is 47.5 Å². The molecule has 294 valence electrons. The lowest BCUT2D eigenvalue weighted by Gasteiger charge is -2.20. The van der Waals surface area contributed by atoms with Gasteiger partial charge >= 0.3 is 25.7 Å². The Hall–Kier alpha value is -1.78. The maximum Gasteiger partial charge on any atom is 0.472 e. The van der Waals surface area contributed by atoms with Crippen molar-refractivity contribution in [3.8, 4) is 0 Å². The summed E-state index contributed by atoms with van der Waals surface area (Å²) in [6.45, 7) is 2.77.